The molecule has 0 radical (unpaired) electrons. The zero-order chi connectivity index (χ0) is 12.7. The van der Waals surface area contributed by atoms with Crippen molar-refractivity contribution >= 4 is 11.6 Å². The van der Waals surface area contributed by atoms with Gasteiger partial charge in [0.05, 0.1) is 12.5 Å². The van der Waals surface area contributed by atoms with E-state index >= 15 is 0 Å². The summed E-state index contributed by atoms with van der Waals surface area (Å²) in [4.78, 5) is 10.6. The van der Waals surface area contributed by atoms with E-state index in [0.717, 1.165) is 12.0 Å². The number of nitro groups is 1. The van der Waals surface area contributed by atoms with Crippen molar-refractivity contribution in [1.82, 2.24) is 0 Å². The Kier molecular flexibility index (Phi) is 2.87. The van der Waals surface area contributed by atoms with E-state index in [0.29, 0.717) is 17.4 Å². The van der Waals surface area contributed by atoms with E-state index in [9.17, 15) is 10.1 Å². The lowest BCUT2D eigenvalue weighted by molar-refractivity contribution is -0.485. The standard InChI is InChI=1S/C12H12ClNO4/c13-7-1-2-11-9(5-7)10(6-14(15)16)8-3-4-17-12(8)18-11/h1-2,5,8,10,12H,3-4,6H2/t8-,10-,12+/m1/s1. The molecule has 2 aliphatic rings. The first-order valence-electron chi connectivity index (χ1n) is 5.84. The number of nitrogens with zero attached hydrogens (tertiary/aromatic N) is 1. The fourth-order valence-corrected chi connectivity index (χ4v) is 2.94. The van der Waals surface area contributed by atoms with Crippen LogP contribution in [0.1, 0.15) is 17.9 Å². The Bertz CT molecular complexity index is 493. The van der Waals surface area contributed by atoms with E-state index in [1.807, 2.05) is 0 Å². The number of fused-ring (bicyclic) bond motifs is 2. The summed E-state index contributed by atoms with van der Waals surface area (Å²) in [5.41, 5.74) is 0.825. The second kappa shape index (κ2) is 4.40. The maximum Gasteiger partial charge on any atom is 0.211 e. The van der Waals surface area contributed by atoms with Gasteiger partial charge in [0.15, 0.2) is 0 Å². The number of rotatable bonds is 2. The predicted octanol–water partition coefficient (Wildman–Crippen LogP) is 2.46. The third kappa shape index (κ3) is 1.93. The zero-order valence-corrected chi connectivity index (χ0v) is 10.3. The summed E-state index contributed by atoms with van der Waals surface area (Å²) in [6.07, 6.45) is 0.429. The maximum absolute atomic E-state index is 10.8. The predicted molar refractivity (Wildman–Crippen MR) is 64.5 cm³/mol. The largest absolute Gasteiger partial charge is 0.464 e. The van der Waals surface area contributed by atoms with Crippen LogP contribution in [0.4, 0.5) is 0 Å². The first-order chi connectivity index (χ1) is 8.65. The van der Waals surface area contributed by atoms with Gasteiger partial charge in [-0.3, -0.25) is 10.1 Å². The van der Waals surface area contributed by atoms with Gasteiger partial charge in [0, 0.05) is 21.4 Å². The van der Waals surface area contributed by atoms with Crippen molar-refractivity contribution in [2.45, 2.75) is 18.6 Å². The van der Waals surface area contributed by atoms with Crippen molar-refractivity contribution < 1.29 is 14.4 Å². The average molecular weight is 270 g/mol. The average Bonchev–Trinajstić information content (AvgIpc) is 2.77. The number of benzene rings is 1. The van der Waals surface area contributed by atoms with Crippen LogP contribution in [0.3, 0.4) is 0 Å². The molecule has 0 N–H and O–H groups in total. The molecule has 0 aromatic heterocycles. The minimum absolute atomic E-state index is 0.0429. The van der Waals surface area contributed by atoms with Gasteiger partial charge in [-0.05, 0) is 24.6 Å². The Labute approximate surface area is 109 Å². The summed E-state index contributed by atoms with van der Waals surface area (Å²) in [6.45, 7) is 0.479. The SMILES string of the molecule is O=[N+]([O-])C[C@H]1c2cc(Cl)ccc2O[C@@H]2OCC[C@@H]21. The second-order valence-corrected chi connectivity index (χ2v) is 5.05. The lowest BCUT2D eigenvalue weighted by atomic mass is 9.82. The molecule has 1 saturated heterocycles. The van der Waals surface area contributed by atoms with Gasteiger partial charge < -0.3 is 9.47 Å². The van der Waals surface area contributed by atoms with Gasteiger partial charge in [0.25, 0.3) is 0 Å². The van der Waals surface area contributed by atoms with Crippen molar-refractivity contribution in [3.63, 3.8) is 0 Å². The van der Waals surface area contributed by atoms with E-state index in [1.165, 1.54) is 0 Å². The van der Waals surface area contributed by atoms with Gasteiger partial charge in [0.2, 0.25) is 12.8 Å². The molecule has 2 heterocycles. The Morgan fingerprint density at radius 2 is 2.33 bits per heavy atom. The van der Waals surface area contributed by atoms with Crippen molar-refractivity contribution in [3.8, 4) is 5.75 Å². The number of hydrogen-bond donors (Lipinski definition) is 0. The molecule has 96 valence electrons. The summed E-state index contributed by atoms with van der Waals surface area (Å²) >= 11 is 5.96. The monoisotopic (exact) mass is 269 g/mol. The minimum atomic E-state index is -0.358. The lowest BCUT2D eigenvalue weighted by Gasteiger charge is -2.32. The summed E-state index contributed by atoms with van der Waals surface area (Å²) in [7, 11) is 0. The molecule has 0 unspecified atom stereocenters. The van der Waals surface area contributed by atoms with Gasteiger partial charge in [-0.2, -0.15) is 0 Å². The van der Waals surface area contributed by atoms with Crippen LogP contribution >= 0.6 is 11.6 Å². The fraction of sp³-hybridized carbons (Fsp3) is 0.500. The molecular formula is C12H12ClNO4. The molecule has 0 amide bonds. The van der Waals surface area contributed by atoms with Crippen LogP contribution in [-0.4, -0.2) is 24.4 Å². The number of ether oxygens (including phenoxy) is 2. The molecule has 3 atom stereocenters. The van der Waals surface area contributed by atoms with Gasteiger partial charge in [-0.1, -0.05) is 11.6 Å². The molecule has 6 heteroatoms. The third-order valence-corrected chi connectivity index (χ3v) is 3.80. The van der Waals surface area contributed by atoms with Crippen LogP contribution in [0.25, 0.3) is 0 Å². The van der Waals surface area contributed by atoms with Gasteiger partial charge >= 0.3 is 0 Å². The molecular weight excluding hydrogens is 258 g/mol. The summed E-state index contributed by atoms with van der Waals surface area (Å²) < 4.78 is 11.2. The summed E-state index contributed by atoms with van der Waals surface area (Å²) in [5.74, 6) is 0.505. The minimum Gasteiger partial charge on any atom is -0.464 e. The van der Waals surface area contributed by atoms with Crippen LogP contribution in [0.15, 0.2) is 18.2 Å². The molecule has 0 bridgehead atoms. The van der Waals surface area contributed by atoms with E-state index in [-0.39, 0.29) is 29.6 Å². The molecule has 0 saturated carbocycles. The first-order valence-corrected chi connectivity index (χ1v) is 6.22. The van der Waals surface area contributed by atoms with Gasteiger partial charge in [-0.25, -0.2) is 0 Å². The Morgan fingerprint density at radius 3 is 3.11 bits per heavy atom. The molecule has 2 aliphatic heterocycles. The normalized spacial score (nSPS) is 29.3. The molecule has 5 nitrogen and oxygen atoms in total. The Balaban J connectivity index is 2.02. The molecule has 1 fully saturated rings. The summed E-state index contributed by atoms with van der Waals surface area (Å²) in [5, 5.41) is 11.4. The van der Waals surface area contributed by atoms with E-state index in [1.54, 1.807) is 18.2 Å². The van der Waals surface area contributed by atoms with Crippen LogP contribution in [0, 0.1) is 16.0 Å². The second-order valence-electron chi connectivity index (χ2n) is 4.61. The molecule has 0 spiro atoms. The maximum atomic E-state index is 10.8. The Hall–Kier alpha value is -1.33. The smallest absolute Gasteiger partial charge is 0.211 e. The number of halogens is 1. The molecule has 1 aromatic rings. The lowest BCUT2D eigenvalue weighted by Crippen LogP contribution is -2.35. The van der Waals surface area contributed by atoms with Crippen LogP contribution in [0.5, 0.6) is 5.75 Å². The topological polar surface area (TPSA) is 61.6 Å². The van der Waals surface area contributed by atoms with Crippen molar-refractivity contribution in [1.29, 1.82) is 0 Å². The molecule has 3 rings (SSSR count). The Morgan fingerprint density at radius 1 is 1.50 bits per heavy atom. The highest BCUT2D eigenvalue weighted by atomic mass is 35.5. The van der Waals surface area contributed by atoms with Crippen molar-refractivity contribution in [2.75, 3.05) is 13.2 Å². The zero-order valence-electron chi connectivity index (χ0n) is 9.54. The van der Waals surface area contributed by atoms with Gasteiger partial charge in [0.1, 0.15) is 5.75 Å². The molecule has 0 aliphatic carbocycles. The van der Waals surface area contributed by atoms with Crippen LogP contribution < -0.4 is 4.74 Å². The fourth-order valence-electron chi connectivity index (χ4n) is 2.76. The van der Waals surface area contributed by atoms with Crippen LogP contribution in [-0.2, 0) is 4.74 Å². The first kappa shape index (κ1) is 11.7. The highest BCUT2D eigenvalue weighted by Gasteiger charge is 2.44. The van der Waals surface area contributed by atoms with E-state index < -0.39 is 0 Å². The van der Waals surface area contributed by atoms with E-state index in [2.05, 4.69) is 0 Å². The highest BCUT2D eigenvalue weighted by Crippen LogP contribution is 2.45. The highest BCUT2D eigenvalue weighted by molar-refractivity contribution is 6.30. The molecule has 18 heavy (non-hydrogen) atoms. The summed E-state index contributed by atoms with van der Waals surface area (Å²) in [6, 6.07) is 5.24. The van der Waals surface area contributed by atoms with E-state index in [4.69, 9.17) is 21.1 Å². The van der Waals surface area contributed by atoms with Crippen molar-refractivity contribution in [2.24, 2.45) is 5.92 Å². The third-order valence-electron chi connectivity index (χ3n) is 3.56. The number of hydrogen-bond acceptors (Lipinski definition) is 4. The molecule has 1 aromatic carbocycles. The van der Waals surface area contributed by atoms with Crippen molar-refractivity contribution in [3.05, 3.63) is 38.9 Å². The quantitative estimate of drug-likeness (QED) is 0.611. The van der Waals surface area contributed by atoms with Gasteiger partial charge in [-0.15, -0.1) is 0 Å². The van der Waals surface area contributed by atoms with Crippen LogP contribution in [0.2, 0.25) is 5.02 Å².